The smallest absolute Gasteiger partial charge is 0.333 e. The van der Waals surface area contributed by atoms with Crippen LogP contribution in [0.4, 0.5) is 11.4 Å². The van der Waals surface area contributed by atoms with Crippen LogP contribution in [-0.2, 0) is 21.7 Å². The van der Waals surface area contributed by atoms with Crippen LogP contribution in [0.2, 0.25) is 0 Å². The molecule has 2 aliphatic heterocycles. The number of fused-ring (bicyclic) bond motifs is 17. The van der Waals surface area contributed by atoms with Gasteiger partial charge in [0.1, 0.15) is 11.2 Å². The zero-order chi connectivity index (χ0) is 45.7. The van der Waals surface area contributed by atoms with Crippen molar-refractivity contribution in [1.29, 1.82) is 0 Å². The SMILES string of the molecule is CC(C)(C)c1ccc2c(c1)c1c3c(oc4ccccc43)c3c4c1n2-c1cc2c(cc1B4N(c1cccc(-c4ccccc4)c1)c1cc4c(cc1-3)C(C)(C)CCC4(C)C)-c1ccccc1C2(C)C. The van der Waals surface area contributed by atoms with Gasteiger partial charge in [-0.1, -0.05) is 159 Å². The highest BCUT2D eigenvalue weighted by molar-refractivity contribution is 6.94. The first-order chi connectivity index (χ1) is 32.1. The van der Waals surface area contributed by atoms with Crippen LogP contribution in [0.15, 0.2) is 150 Å². The van der Waals surface area contributed by atoms with E-state index in [0.717, 1.165) is 24.0 Å². The van der Waals surface area contributed by atoms with Crippen molar-refractivity contribution in [1.82, 2.24) is 4.57 Å². The summed E-state index contributed by atoms with van der Waals surface area (Å²) in [6.45, 7) is 21.6. The van der Waals surface area contributed by atoms with E-state index in [9.17, 15) is 0 Å². The van der Waals surface area contributed by atoms with Gasteiger partial charge in [0.05, 0.1) is 11.0 Å². The molecule has 3 nitrogen and oxygen atoms in total. The van der Waals surface area contributed by atoms with Gasteiger partial charge >= 0.3 is 6.85 Å². The van der Waals surface area contributed by atoms with Gasteiger partial charge in [-0.25, -0.2) is 0 Å². The number of aromatic nitrogens is 1. The van der Waals surface area contributed by atoms with Crippen molar-refractivity contribution >= 4 is 72.9 Å². The fraction of sp³-hybridized carbons (Fsp3) is 0.238. The molecule has 0 bridgehead atoms. The molecule has 10 aromatic rings. The summed E-state index contributed by atoms with van der Waals surface area (Å²) in [4.78, 5) is 2.75. The molecule has 0 saturated carbocycles. The van der Waals surface area contributed by atoms with E-state index in [2.05, 4.69) is 217 Å². The second-order valence-electron chi connectivity index (χ2n) is 23.1. The standard InChI is InChI=1S/C63H55BN2O/c1-60(2,3)38-26-27-50-43(31-38)54-55-41-23-14-16-25-53(41)67-59(55)56-44-32-47-48(62(6,7)29-28-61(47,4)5)35-51(44)66(39-21-17-20-37(30-39)36-18-11-10-12-19-36)64-49-33-42-40-22-13-15-24-45(40)63(8,9)46(42)34-52(49)65(50)58(54)57(56)64/h10-27,30-35H,28-29H2,1-9H3. The summed E-state index contributed by atoms with van der Waals surface area (Å²) >= 11 is 0. The molecular weight excluding hydrogens is 812 g/mol. The van der Waals surface area contributed by atoms with Crippen LogP contribution < -0.4 is 15.7 Å². The average molecular weight is 867 g/mol. The number of furan rings is 1. The molecule has 0 amide bonds. The minimum Gasteiger partial charge on any atom is -0.455 e. The van der Waals surface area contributed by atoms with Crippen molar-refractivity contribution in [2.75, 3.05) is 4.81 Å². The summed E-state index contributed by atoms with van der Waals surface area (Å²) in [5, 5.41) is 4.97. The molecule has 0 unspecified atom stereocenters. The van der Waals surface area contributed by atoms with Gasteiger partial charge in [0.2, 0.25) is 0 Å². The van der Waals surface area contributed by atoms with E-state index in [0.29, 0.717) is 0 Å². The average Bonchev–Trinajstić information content (AvgIpc) is 3.94. The molecule has 0 radical (unpaired) electrons. The number of para-hydroxylation sites is 1. The Morgan fingerprint density at radius 2 is 1.25 bits per heavy atom. The second kappa shape index (κ2) is 12.8. The van der Waals surface area contributed by atoms with Crippen LogP contribution in [0.25, 0.3) is 82.8 Å². The number of nitrogens with zero attached hydrogens (tertiary/aromatic N) is 2. The topological polar surface area (TPSA) is 21.3 Å². The molecule has 2 aromatic heterocycles. The maximum absolute atomic E-state index is 7.41. The third kappa shape index (κ3) is 5.09. The molecular formula is C63H55BN2O. The van der Waals surface area contributed by atoms with Crippen molar-refractivity contribution in [2.45, 2.75) is 96.8 Å². The lowest BCUT2D eigenvalue weighted by Crippen LogP contribution is -2.60. The predicted molar refractivity (Wildman–Crippen MR) is 284 cm³/mol. The fourth-order valence-electron chi connectivity index (χ4n) is 13.2. The van der Waals surface area contributed by atoms with E-state index in [1.807, 2.05) is 0 Å². The van der Waals surface area contributed by atoms with Crippen LogP contribution in [0.1, 0.15) is 103 Å². The van der Waals surface area contributed by atoms with Gasteiger partial charge in [-0.05, 0) is 139 Å². The van der Waals surface area contributed by atoms with Gasteiger partial charge in [-0.3, -0.25) is 0 Å². The summed E-state index contributed by atoms with van der Waals surface area (Å²) in [5.41, 5.74) is 25.3. The first kappa shape index (κ1) is 39.4. The Bertz CT molecular complexity index is 3830. The number of hydrogen-bond acceptors (Lipinski definition) is 2. The van der Waals surface area contributed by atoms with Crippen LogP contribution >= 0.6 is 0 Å². The first-order valence-corrected chi connectivity index (χ1v) is 24.5. The van der Waals surface area contributed by atoms with E-state index >= 15 is 0 Å². The minimum atomic E-state index is -0.168. The monoisotopic (exact) mass is 866 g/mol. The minimum absolute atomic E-state index is 0.00806. The van der Waals surface area contributed by atoms with Crippen molar-refractivity contribution in [3.8, 4) is 39.1 Å². The Balaban J connectivity index is 1.23. The van der Waals surface area contributed by atoms with Gasteiger partial charge < -0.3 is 13.8 Å². The van der Waals surface area contributed by atoms with E-state index in [1.165, 1.54) is 122 Å². The van der Waals surface area contributed by atoms with E-state index in [1.54, 1.807) is 0 Å². The Morgan fingerprint density at radius 3 is 2.04 bits per heavy atom. The predicted octanol–water partition coefficient (Wildman–Crippen LogP) is 15.5. The van der Waals surface area contributed by atoms with Crippen molar-refractivity contribution < 1.29 is 4.42 Å². The molecule has 0 fully saturated rings. The molecule has 14 rings (SSSR count). The second-order valence-corrected chi connectivity index (χ2v) is 23.1. The molecule has 2 aliphatic carbocycles. The largest absolute Gasteiger partial charge is 0.455 e. The molecule has 4 aliphatic rings. The lowest BCUT2D eigenvalue weighted by atomic mass is 9.43. The molecule has 4 heteroatoms. The van der Waals surface area contributed by atoms with Crippen LogP contribution in [0.3, 0.4) is 0 Å². The van der Waals surface area contributed by atoms with Gasteiger partial charge in [0.15, 0.2) is 0 Å². The zero-order valence-corrected chi connectivity index (χ0v) is 40.2. The van der Waals surface area contributed by atoms with Crippen molar-refractivity contribution in [3.05, 3.63) is 173 Å². The zero-order valence-electron chi connectivity index (χ0n) is 40.2. The highest BCUT2D eigenvalue weighted by atomic mass is 16.3. The normalized spacial score (nSPS) is 16.9. The first-order valence-electron chi connectivity index (χ1n) is 24.5. The molecule has 326 valence electrons. The summed E-state index contributed by atoms with van der Waals surface area (Å²) in [5.74, 6) is 0. The highest BCUT2D eigenvalue weighted by Gasteiger charge is 2.49. The quantitative estimate of drug-likeness (QED) is 0.161. The molecule has 8 aromatic carbocycles. The van der Waals surface area contributed by atoms with Crippen LogP contribution in [0.5, 0.6) is 0 Å². The molecule has 0 N–H and O–H groups in total. The highest BCUT2D eigenvalue weighted by Crippen LogP contribution is 2.57. The van der Waals surface area contributed by atoms with Gasteiger partial charge in [0, 0.05) is 55.1 Å². The van der Waals surface area contributed by atoms with Crippen molar-refractivity contribution in [2.24, 2.45) is 0 Å². The summed E-state index contributed by atoms with van der Waals surface area (Å²) in [6, 6.07) is 55.9. The summed E-state index contributed by atoms with van der Waals surface area (Å²) in [6.07, 6.45) is 2.29. The number of hydrogen-bond donors (Lipinski definition) is 0. The van der Waals surface area contributed by atoms with Crippen molar-refractivity contribution in [3.63, 3.8) is 0 Å². The maximum Gasteiger partial charge on any atom is 0.333 e. The molecule has 4 heterocycles. The lowest BCUT2D eigenvalue weighted by Gasteiger charge is -2.46. The molecule has 0 atom stereocenters. The molecule has 0 spiro atoms. The number of anilines is 2. The van der Waals surface area contributed by atoms with Gasteiger partial charge in [-0.2, -0.15) is 0 Å². The van der Waals surface area contributed by atoms with E-state index < -0.39 is 0 Å². The fourth-order valence-corrected chi connectivity index (χ4v) is 13.2. The Morgan fingerprint density at radius 1 is 0.552 bits per heavy atom. The molecule has 0 saturated heterocycles. The third-order valence-corrected chi connectivity index (χ3v) is 17.0. The summed E-state index contributed by atoms with van der Waals surface area (Å²) < 4.78 is 10.1. The Labute approximate surface area is 394 Å². The van der Waals surface area contributed by atoms with E-state index in [-0.39, 0.29) is 28.5 Å². The van der Waals surface area contributed by atoms with Gasteiger partial charge in [0.25, 0.3) is 0 Å². The van der Waals surface area contributed by atoms with Crippen LogP contribution in [0, 0.1) is 0 Å². The van der Waals surface area contributed by atoms with Crippen LogP contribution in [-0.4, -0.2) is 11.4 Å². The molecule has 67 heavy (non-hydrogen) atoms. The Kier molecular flexibility index (Phi) is 7.53. The number of benzene rings is 8. The number of rotatable bonds is 2. The third-order valence-electron chi connectivity index (χ3n) is 17.0. The van der Waals surface area contributed by atoms with E-state index in [4.69, 9.17) is 4.42 Å². The Hall–Kier alpha value is -6.78. The lowest BCUT2D eigenvalue weighted by molar-refractivity contribution is 0.332. The maximum atomic E-state index is 7.41. The van der Waals surface area contributed by atoms with Gasteiger partial charge in [-0.15, -0.1) is 0 Å². The summed E-state index contributed by atoms with van der Waals surface area (Å²) in [7, 11) is 0.